The van der Waals surface area contributed by atoms with Gasteiger partial charge < -0.3 is 10.6 Å². The highest BCUT2D eigenvalue weighted by Gasteiger charge is 2.19. The largest absolute Gasteiger partial charge is 0.399 e. The molecule has 110 valence electrons. The van der Waals surface area contributed by atoms with Crippen molar-refractivity contribution in [2.75, 3.05) is 12.8 Å². The number of rotatable bonds is 3. The van der Waals surface area contributed by atoms with E-state index in [0.717, 1.165) is 5.56 Å². The summed E-state index contributed by atoms with van der Waals surface area (Å²) in [5.41, 5.74) is 7.65. The Morgan fingerprint density at radius 1 is 1.29 bits per heavy atom. The topological polar surface area (TPSA) is 46.3 Å². The quantitative estimate of drug-likeness (QED) is 0.850. The van der Waals surface area contributed by atoms with Crippen molar-refractivity contribution in [3.63, 3.8) is 0 Å². The first kappa shape index (κ1) is 15.5. The van der Waals surface area contributed by atoms with Gasteiger partial charge in [-0.3, -0.25) is 4.79 Å². The number of amides is 1. The van der Waals surface area contributed by atoms with E-state index in [1.165, 1.54) is 12.1 Å². The minimum atomic E-state index is -0.447. The maximum Gasteiger partial charge on any atom is 0.254 e. The van der Waals surface area contributed by atoms with Crippen LogP contribution in [0, 0.1) is 5.82 Å². The molecule has 0 saturated heterocycles. The average molecular weight is 351 g/mol. The number of benzene rings is 2. The van der Waals surface area contributed by atoms with E-state index >= 15 is 0 Å². The number of anilines is 1. The van der Waals surface area contributed by atoms with Gasteiger partial charge in [-0.2, -0.15) is 0 Å². The van der Waals surface area contributed by atoms with Crippen molar-refractivity contribution in [2.24, 2.45) is 0 Å². The second kappa shape index (κ2) is 6.26. The fraction of sp³-hybridized carbons (Fsp3) is 0.188. The van der Waals surface area contributed by atoms with E-state index in [2.05, 4.69) is 15.9 Å². The first-order valence-electron chi connectivity index (χ1n) is 6.47. The molecular weight excluding hydrogens is 335 g/mol. The van der Waals surface area contributed by atoms with E-state index in [4.69, 9.17) is 5.73 Å². The molecule has 0 aliphatic carbocycles. The van der Waals surface area contributed by atoms with Crippen molar-refractivity contribution in [1.29, 1.82) is 0 Å². The number of carbonyl (C=O) groups excluding carboxylic acids is 1. The molecule has 1 atom stereocenters. The SMILES string of the molecule is CC(c1cccc(N)c1)N(C)C(=O)c1cc(F)cc(Br)c1. The standard InChI is InChI=1S/C16H16BrFN2O/c1-10(11-4-3-5-15(19)8-11)20(2)16(21)12-6-13(17)9-14(18)7-12/h3-10H,19H2,1-2H3. The number of nitrogen functional groups attached to an aromatic ring is 1. The Kier molecular flexibility index (Phi) is 4.63. The molecule has 5 heteroatoms. The van der Waals surface area contributed by atoms with E-state index < -0.39 is 5.82 Å². The Morgan fingerprint density at radius 3 is 2.62 bits per heavy atom. The van der Waals surface area contributed by atoms with Crippen LogP contribution < -0.4 is 5.73 Å². The van der Waals surface area contributed by atoms with Crippen molar-refractivity contribution >= 4 is 27.5 Å². The third-order valence-electron chi connectivity index (χ3n) is 3.40. The van der Waals surface area contributed by atoms with Crippen molar-refractivity contribution in [3.8, 4) is 0 Å². The number of hydrogen-bond acceptors (Lipinski definition) is 2. The maximum atomic E-state index is 13.4. The molecule has 0 spiro atoms. The normalized spacial score (nSPS) is 12.0. The van der Waals surface area contributed by atoms with Crippen molar-refractivity contribution < 1.29 is 9.18 Å². The Balaban J connectivity index is 2.26. The van der Waals surface area contributed by atoms with Gasteiger partial charge >= 0.3 is 0 Å². The summed E-state index contributed by atoms with van der Waals surface area (Å²) in [6, 6.07) is 11.4. The summed E-state index contributed by atoms with van der Waals surface area (Å²) in [4.78, 5) is 14.0. The molecule has 0 fully saturated rings. The number of hydrogen-bond donors (Lipinski definition) is 1. The van der Waals surface area contributed by atoms with Crippen molar-refractivity contribution in [3.05, 3.63) is 63.9 Å². The smallest absolute Gasteiger partial charge is 0.254 e. The molecule has 2 rings (SSSR count). The zero-order valence-corrected chi connectivity index (χ0v) is 13.4. The van der Waals surface area contributed by atoms with Crippen LogP contribution in [0.4, 0.5) is 10.1 Å². The molecular formula is C16H16BrFN2O. The Morgan fingerprint density at radius 2 is 2.00 bits per heavy atom. The highest BCUT2D eigenvalue weighted by molar-refractivity contribution is 9.10. The van der Waals surface area contributed by atoms with Gasteiger partial charge in [-0.25, -0.2) is 4.39 Å². The van der Waals surface area contributed by atoms with E-state index in [9.17, 15) is 9.18 Å². The first-order valence-corrected chi connectivity index (χ1v) is 7.26. The summed E-state index contributed by atoms with van der Waals surface area (Å²) in [7, 11) is 1.69. The summed E-state index contributed by atoms with van der Waals surface area (Å²) >= 11 is 3.19. The van der Waals surface area contributed by atoms with Crippen LogP contribution in [0.15, 0.2) is 46.9 Å². The lowest BCUT2D eigenvalue weighted by Crippen LogP contribution is -2.29. The molecule has 2 aromatic rings. The molecule has 0 aromatic heterocycles. The lowest BCUT2D eigenvalue weighted by molar-refractivity contribution is 0.0742. The highest BCUT2D eigenvalue weighted by atomic mass is 79.9. The Hall–Kier alpha value is -1.88. The summed E-state index contributed by atoms with van der Waals surface area (Å²) in [5.74, 6) is -0.692. The van der Waals surface area contributed by atoms with E-state index in [1.807, 2.05) is 25.1 Å². The fourth-order valence-corrected chi connectivity index (χ4v) is 2.56. The zero-order chi connectivity index (χ0) is 15.6. The van der Waals surface area contributed by atoms with Crippen LogP contribution in [0.5, 0.6) is 0 Å². The van der Waals surface area contributed by atoms with Gasteiger partial charge in [-0.05, 0) is 42.8 Å². The molecule has 0 radical (unpaired) electrons. The molecule has 3 nitrogen and oxygen atoms in total. The van der Waals surface area contributed by atoms with Crippen LogP contribution >= 0.6 is 15.9 Å². The van der Waals surface area contributed by atoms with E-state index in [0.29, 0.717) is 15.7 Å². The maximum absolute atomic E-state index is 13.4. The van der Waals surface area contributed by atoms with Crippen LogP contribution in [0.25, 0.3) is 0 Å². The third kappa shape index (κ3) is 3.61. The second-order valence-corrected chi connectivity index (χ2v) is 5.84. The monoisotopic (exact) mass is 350 g/mol. The van der Waals surface area contributed by atoms with E-state index in [1.54, 1.807) is 24.1 Å². The molecule has 2 N–H and O–H groups in total. The van der Waals surface area contributed by atoms with Gasteiger partial charge in [-0.15, -0.1) is 0 Å². The lowest BCUT2D eigenvalue weighted by Gasteiger charge is -2.25. The van der Waals surface area contributed by atoms with Gasteiger partial charge in [0.05, 0.1) is 6.04 Å². The fourth-order valence-electron chi connectivity index (χ4n) is 2.10. The summed E-state index contributed by atoms with van der Waals surface area (Å²) in [6.07, 6.45) is 0. The van der Waals surface area contributed by atoms with Crippen LogP contribution in [-0.4, -0.2) is 17.9 Å². The highest BCUT2D eigenvalue weighted by Crippen LogP contribution is 2.23. The predicted molar refractivity (Wildman–Crippen MR) is 85.5 cm³/mol. The molecule has 0 aliphatic rings. The molecule has 0 saturated carbocycles. The summed E-state index contributed by atoms with van der Waals surface area (Å²) in [5, 5.41) is 0. The van der Waals surface area contributed by atoms with Gasteiger partial charge in [0.25, 0.3) is 5.91 Å². The minimum Gasteiger partial charge on any atom is -0.399 e. The molecule has 0 aliphatic heterocycles. The van der Waals surface area contributed by atoms with Crippen molar-refractivity contribution in [1.82, 2.24) is 4.90 Å². The Labute approximate surface area is 131 Å². The first-order chi connectivity index (χ1) is 9.88. The van der Waals surface area contributed by atoms with Gasteiger partial charge in [0.2, 0.25) is 0 Å². The Bertz CT molecular complexity index is 655. The average Bonchev–Trinajstić information content (AvgIpc) is 2.44. The predicted octanol–water partition coefficient (Wildman–Crippen LogP) is 4.00. The van der Waals surface area contributed by atoms with Gasteiger partial charge in [0.1, 0.15) is 5.82 Å². The summed E-state index contributed by atoms with van der Waals surface area (Å²) in [6.45, 7) is 1.90. The van der Waals surface area contributed by atoms with Crippen molar-refractivity contribution in [2.45, 2.75) is 13.0 Å². The molecule has 0 bridgehead atoms. The number of nitrogens with zero attached hydrogens (tertiary/aromatic N) is 1. The zero-order valence-electron chi connectivity index (χ0n) is 11.8. The molecule has 21 heavy (non-hydrogen) atoms. The van der Waals surface area contributed by atoms with Gasteiger partial charge in [-0.1, -0.05) is 28.1 Å². The third-order valence-corrected chi connectivity index (χ3v) is 3.86. The molecule has 1 amide bonds. The lowest BCUT2D eigenvalue weighted by atomic mass is 10.1. The molecule has 0 heterocycles. The van der Waals surface area contributed by atoms with Crippen LogP contribution in [-0.2, 0) is 0 Å². The minimum absolute atomic E-state index is 0.164. The van der Waals surface area contributed by atoms with Gasteiger partial charge in [0.15, 0.2) is 0 Å². The van der Waals surface area contributed by atoms with Crippen LogP contribution in [0.1, 0.15) is 28.9 Å². The molecule has 1 unspecified atom stereocenters. The van der Waals surface area contributed by atoms with E-state index in [-0.39, 0.29) is 11.9 Å². The number of carbonyl (C=O) groups is 1. The van der Waals surface area contributed by atoms with Crippen LogP contribution in [0.3, 0.4) is 0 Å². The number of halogens is 2. The number of nitrogens with two attached hydrogens (primary N) is 1. The molecule has 2 aromatic carbocycles. The van der Waals surface area contributed by atoms with Crippen LogP contribution in [0.2, 0.25) is 0 Å². The summed E-state index contributed by atoms with van der Waals surface area (Å²) < 4.78 is 13.9. The second-order valence-electron chi connectivity index (χ2n) is 4.92. The van der Waals surface area contributed by atoms with Gasteiger partial charge in [0, 0.05) is 22.8 Å².